The van der Waals surface area contributed by atoms with Crippen molar-refractivity contribution in [3.8, 4) is 11.5 Å². The number of amides is 1. The standard InChI is InChI=1S/C16H18N2O3/c1-11(18-16(19)12-6-8-17-9-7-12)14-10-13(20-2)4-5-15(14)21-3/h4-11H,1-3H3,(H,18,19). The number of benzene rings is 1. The highest BCUT2D eigenvalue weighted by Crippen LogP contribution is 2.29. The zero-order chi connectivity index (χ0) is 15.2. The van der Waals surface area contributed by atoms with Gasteiger partial charge in [-0.15, -0.1) is 0 Å². The Morgan fingerprint density at radius 3 is 2.48 bits per heavy atom. The lowest BCUT2D eigenvalue weighted by Crippen LogP contribution is -2.26. The van der Waals surface area contributed by atoms with Crippen LogP contribution in [-0.4, -0.2) is 25.1 Å². The van der Waals surface area contributed by atoms with E-state index in [1.54, 1.807) is 38.7 Å². The van der Waals surface area contributed by atoms with E-state index >= 15 is 0 Å². The van der Waals surface area contributed by atoms with E-state index in [0.717, 1.165) is 11.3 Å². The van der Waals surface area contributed by atoms with Gasteiger partial charge in [-0.1, -0.05) is 0 Å². The van der Waals surface area contributed by atoms with Crippen molar-refractivity contribution in [3.63, 3.8) is 0 Å². The molecule has 0 aliphatic heterocycles. The molecule has 1 aromatic heterocycles. The number of nitrogens with one attached hydrogen (secondary N) is 1. The first-order chi connectivity index (χ1) is 10.2. The third-order valence-corrected chi connectivity index (χ3v) is 3.19. The first kappa shape index (κ1) is 14.8. The van der Waals surface area contributed by atoms with Crippen LogP contribution in [0.15, 0.2) is 42.7 Å². The van der Waals surface area contributed by atoms with Crippen molar-refractivity contribution in [1.29, 1.82) is 0 Å². The van der Waals surface area contributed by atoms with E-state index in [4.69, 9.17) is 9.47 Å². The number of carbonyl (C=O) groups is 1. The number of nitrogens with zero attached hydrogens (tertiary/aromatic N) is 1. The molecule has 1 unspecified atom stereocenters. The van der Waals surface area contributed by atoms with E-state index in [-0.39, 0.29) is 11.9 Å². The molecule has 0 bridgehead atoms. The molecule has 0 radical (unpaired) electrons. The summed E-state index contributed by atoms with van der Waals surface area (Å²) in [5.74, 6) is 1.27. The molecule has 1 amide bonds. The zero-order valence-electron chi connectivity index (χ0n) is 12.3. The van der Waals surface area contributed by atoms with Crippen LogP contribution in [0.4, 0.5) is 0 Å². The summed E-state index contributed by atoms with van der Waals surface area (Å²) < 4.78 is 10.6. The highest BCUT2D eigenvalue weighted by molar-refractivity contribution is 5.94. The van der Waals surface area contributed by atoms with Crippen LogP contribution in [0.1, 0.15) is 28.9 Å². The molecule has 21 heavy (non-hydrogen) atoms. The summed E-state index contributed by atoms with van der Waals surface area (Å²) in [7, 11) is 3.20. The van der Waals surface area contributed by atoms with Gasteiger partial charge >= 0.3 is 0 Å². The molecule has 2 rings (SSSR count). The highest BCUT2D eigenvalue weighted by Gasteiger charge is 2.16. The molecule has 0 fully saturated rings. The number of aromatic nitrogens is 1. The maximum absolute atomic E-state index is 12.2. The van der Waals surface area contributed by atoms with E-state index in [2.05, 4.69) is 10.3 Å². The van der Waals surface area contributed by atoms with E-state index < -0.39 is 0 Å². The van der Waals surface area contributed by atoms with Gasteiger partial charge in [0.2, 0.25) is 0 Å². The van der Waals surface area contributed by atoms with Crippen LogP contribution in [0.2, 0.25) is 0 Å². The number of hydrogen-bond donors (Lipinski definition) is 1. The first-order valence-electron chi connectivity index (χ1n) is 6.58. The minimum atomic E-state index is -0.212. The maximum Gasteiger partial charge on any atom is 0.251 e. The molecule has 1 heterocycles. The minimum absolute atomic E-state index is 0.158. The highest BCUT2D eigenvalue weighted by atomic mass is 16.5. The van der Waals surface area contributed by atoms with Crippen molar-refractivity contribution in [3.05, 3.63) is 53.9 Å². The van der Waals surface area contributed by atoms with Gasteiger partial charge in [0.05, 0.1) is 20.3 Å². The van der Waals surface area contributed by atoms with E-state index in [1.165, 1.54) is 0 Å². The van der Waals surface area contributed by atoms with Gasteiger partial charge in [0, 0.05) is 23.5 Å². The van der Waals surface area contributed by atoms with Gasteiger partial charge in [-0.3, -0.25) is 9.78 Å². The number of rotatable bonds is 5. The largest absolute Gasteiger partial charge is 0.497 e. The fraction of sp³-hybridized carbons (Fsp3) is 0.250. The predicted molar refractivity (Wildman–Crippen MR) is 79.7 cm³/mol. The van der Waals surface area contributed by atoms with Gasteiger partial charge in [0.15, 0.2) is 0 Å². The fourth-order valence-corrected chi connectivity index (χ4v) is 2.04. The van der Waals surface area contributed by atoms with Crippen LogP contribution in [0, 0.1) is 0 Å². The molecule has 5 heteroatoms. The third kappa shape index (κ3) is 3.51. The molecule has 2 aromatic rings. The summed E-state index contributed by atoms with van der Waals surface area (Å²) in [6.45, 7) is 1.90. The molecule has 1 N–H and O–H groups in total. The zero-order valence-corrected chi connectivity index (χ0v) is 12.3. The Labute approximate surface area is 123 Å². The molecule has 0 saturated carbocycles. The Morgan fingerprint density at radius 2 is 1.86 bits per heavy atom. The summed E-state index contributed by atoms with van der Waals surface area (Å²) in [6.07, 6.45) is 3.18. The first-order valence-corrected chi connectivity index (χ1v) is 6.58. The molecule has 0 aliphatic carbocycles. The summed E-state index contributed by atoms with van der Waals surface area (Å²) >= 11 is 0. The molecule has 0 aliphatic rings. The molecule has 0 spiro atoms. The van der Waals surface area contributed by atoms with E-state index in [9.17, 15) is 4.79 Å². The van der Waals surface area contributed by atoms with Gasteiger partial charge in [-0.05, 0) is 37.3 Å². The Kier molecular flexibility index (Phi) is 4.77. The smallest absolute Gasteiger partial charge is 0.251 e. The van der Waals surface area contributed by atoms with Crippen molar-refractivity contribution >= 4 is 5.91 Å². The van der Waals surface area contributed by atoms with Crippen LogP contribution in [-0.2, 0) is 0 Å². The quantitative estimate of drug-likeness (QED) is 0.917. The molecule has 0 saturated heterocycles. The van der Waals surface area contributed by atoms with Crippen molar-refractivity contribution in [2.24, 2.45) is 0 Å². The molecular weight excluding hydrogens is 268 g/mol. The summed E-state index contributed by atoms with van der Waals surface area (Å²) in [6, 6.07) is 8.63. The number of carbonyl (C=O) groups excluding carboxylic acids is 1. The minimum Gasteiger partial charge on any atom is -0.497 e. The maximum atomic E-state index is 12.2. The number of hydrogen-bond acceptors (Lipinski definition) is 4. The molecule has 1 atom stereocenters. The summed E-state index contributed by atoms with van der Waals surface area (Å²) in [4.78, 5) is 16.1. The van der Waals surface area contributed by atoms with Crippen LogP contribution < -0.4 is 14.8 Å². The Balaban J connectivity index is 2.20. The molecule has 5 nitrogen and oxygen atoms in total. The topological polar surface area (TPSA) is 60.5 Å². The average Bonchev–Trinajstić information content (AvgIpc) is 2.54. The summed E-state index contributed by atoms with van der Waals surface area (Å²) in [5, 5.41) is 2.94. The van der Waals surface area contributed by atoms with Crippen LogP contribution >= 0.6 is 0 Å². The lowest BCUT2D eigenvalue weighted by Gasteiger charge is -2.18. The summed E-state index contributed by atoms with van der Waals surface area (Å²) in [5.41, 5.74) is 1.43. The third-order valence-electron chi connectivity index (χ3n) is 3.19. The van der Waals surface area contributed by atoms with Gasteiger partial charge in [-0.25, -0.2) is 0 Å². The Hall–Kier alpha value is -2.56. The second kappa shape index (κ2) is 6.74. The van der Waals surface area contributed by atoms with Crippen LogP contribution in [0.3, 0.4) is 0 Å². The van der Waals surface area contributed by atoms with Crippen LogP contribution in [0.5, 0.6) is 11.5 Å². The second-order valence-corrected chi connectivity index (χ2v) is 4.54. The normalized spacial score (nSPS) is 11.6. The number of ether oxygens (including phenoxy) is 2. The van der Waals surface area contributed by atoms with Gasteiger partial charge in [0.25, 0.3) is 5.91 Å². The van der Waals surface area contributed by atoms with Crippen LogP contribution in [0.25, 0.3) is 0 Å². The lowest BCUT2D eigenvalue weighted by atomic mass is 10.1. The van der Waals surface area contributed by atoms with Crippen molar-refractivity contribution < 1.29 is 14.3 Å². The average molecular weight is 286 g/mol. The van der Waals surface area contributed by atoms with Crippen molar-refractivity contribution in [2.75, 3.05) is 14.2 Å². The second-order valence-electron chi connectivity index (χ2n) is 4.54. The molecular formula is C16H18N2O3. The van der Waals surface area contributed by atoms with E-state index in [0.29, 0.717) is 11.3 Å². The Bertz CT molecular complexity index is 614. The van der Waals surface area contributed by atoms with Crippen molar-refractivity contribution in [1.82, 2.24) is 10.3 Å². The lowest BCUT2D eigenvalue weighted by molar-refractivity contribution is 0.0939. The predicted octanol–water partition coefficient (Wildman–Crippen LogP) is 2.59. The van der Waals surface area contributed by atoms with E-state index in [1.807, 2.05) is 25.1 Å². The van der Waals surface area contributed by atoms with Crippen molar-refractivity contribution in [2.45, 2.75) is 13.0 Å². The van der Waals surface area contributed by atoms with Gasteiger partial charge in [0.1, 0.15) is 11.5 Å². The van der Waals surface area contributed by atoms with Gasteiger partial charge in [-0.2, -0.15) is 0 Å². The monoisotopic (exact) mass is 286 g/mol. The molecule has 110 valence electrons. The fourth-order valence-electron chi connectivity index (χ4n) is 2.04. The molecule has 1 aromatic carbocycles. The van der Waals surface area contributed by atoms with Gasteiger partial charge < -0.3 is 14.8 Å². The Morgan fingerprint density at radius 1 is 1.14 bits per heavy atom. The SMILES string of the molecule is COc1ccc(OC)c(C(C)NC(=O)c2ccncc2)c1. The number of methoxy groups -OCH3 is 2. The number of pyridine rings is 1.